The van der Waals surface area contributed by atoms with E-state index in [1.165, 1.54) is 13.0 Å². The maximum absolute atomic E-state index is 14.1. The van der Waals surface area contributed by atoms with Crippen LogP contribution in [0.2, 0.25) is 0 Å². The van der Waals surface area contributed by atoms with E-state index in [0.29, 0.717) is 43.4 Å². The number of hydrogen-bond donors (Lipinski definition) is 5. The zero-order valence-corrected chi connectivity index (χ0v) is 30.5. The minimum Gasteiger partial charge on any atom is -0.449 e. The monoisotopic (exact) mass is 719 g/mol. The van der Waals surface area contributed by atoms with Crippen LogP contribution in [0.15, 0.2) is 77.6 Å². The molecule has 2 atom stereocenters. The van der Waals surface area contributed by atoms with Crippen LogP contribution in [0.4, 0.5) is 10.5 Å². The molecule has 4 amide bonds. The molecule has 0 spiro atoms. The highest BCUT2D eigenvalue weighted by Crippen LogP contribution is 2.44. The van der Waals surface area contributed by atoms with Gasteiger partial charge in [0.05, 0.1) is 5.52 Å². The Balaban J connectivity index is 1.16. The molecule has 0 saturated heterocycles. The van der Waals surface area contributed by atoms with Crippen molar-refractivity contribution in [3.63, 3.8) is 0 Å². The molecular weight excluding hydrogens is 670 g/mol. The maximum Gasteiger partial charge on any atom is 0.407 e. The summed E-state index contributed by atoms with van der Waals surface area (Å²) >= 11 is 0. The van der Waals surface area contributed by atoms with Crippen molar-refractivity contribution in [2.24, 2.45) is 5.92 Å². The van der Waals surface area contributed by atoms with Gasteiger partial charge in [0.15, 0.2) is 0 Å². The van der Waals surface area contributed by atoms with Crippen LogP contribution in [0.1, 0.15) is 87.3 Å². The molecule has 53 heavy (non-hydrogen) atoms. The fourth-order valence-corrected chi connectivity index (χ4v) is 7.79. The zero-order valence-electron chi connectivity index (χ0n) is 30.5. The molecular formula is C42H49N5O6. The summed E-state index contributed by atoms with van der Waals surface area (Å²) in [5.41, 5.74) is 6.08. The van der Waals surface area contributed by atoms with E-state index in [-0.39, 0.29) is 29.9 Å². The predicted molar refractivity (Wildman–Crippen MR) is 206 cm³/mol. The van der Waals surface area contributed by atoms with E-state index in [9.17, 15) is 24.0 Å². The van der Waals surface area contributed by atoms with Crippen molar-refractivity contribution in [3.8, 4) is 11.1 Å². The van der Waals surface area contributed by atoms with Crippen LogP contribution in [0.25, 0.3) is 22.0 Å². The maximum atomic E-state index is 14.1. The van der Waals surface area contributed by atoms with E-state index in [1.54, 1.807) is 12.1 Å². The normalized spacial score (nSPS) is 15.1. The molecule has 278 valence electrons. The Labute approximate surface area is 309 Å². The van der Waals surface area contributed by atoms with Gasteiger partial charge in [-0.15, -0.1) is 0 Å². The lowest BCUT2D eigenvalue weighted by molar-refractivity contribution is -0.128. The number of aromatic amines is 1. The number of carbonyl (C=O) groups excluding carboxylic acids is 4. The lowest BCUT2D eigenvalue weighted by Gasteiger charge is -2.28. The third-order valence-corrected chi connectivity index (χ3v) is 10.5. The van der Waals surface area contributed by atoms with Crippen LogP contribution in [0.5, 0.6) is 0 Å². The van der Waals surface area contributed by atoms with Crippen LogP contribution in [-0.4, -0.2) is 54.0 Å². The third kappa shape index (κ3) is 9.51. The highest BCUT2D eigenvalue weighted by molar-refractivity contribution is 5.99. The van der Waals surface area contributed by atoms with E-state index in [4.69, 9.17) is 4.74 Å². The molecule has 1 heterocycles. The summed E-state index contributed by atoms with van der Waals surface area (Å²) in [7, 11) is 0. The number of carbonyl (C=O) groups is 4. The van der Waals surface area contributed by atoms with Gasteiger partial charge in [0, 0.05) is 36.5 Å². The largest absolute Gasteiger partial charge is 0.449 e. The topological polar surface area (TPSA) is 158 Å². The summed E-state index contributed by atoms with van der Waals surface area (Å²) in [6.45, 7) is 3.86. The molecule has 0 aliphatic heterocycles. The van der Waals surface area contributed by atoms with Gasteiger partial charge in [-0.3, -0.25) is 19.2 Å². The average molecular weight is 720 g/mol. The second-order valence-corrected chi connectivity index (χ2v) is 14.4. The highest BCUT2D eigenvalue weighted by Gasteiger charge is 2.32. The first-order chi connectivity index (χ1) is 25.7. The Morgan fingerprint density at radius 3 is 2.23 bits per heavy atom. The number of aryl methyl sites for hydroxylation is 1. The molecule has 1 fully saturated rings. The Morgan fingerprint density at radius 1 is 0.830 bits per heavy atom. The first-order valence-corrected chi connectivity index (χ1v) is 18.8. The van der Waals surface area contributed by atoms with E-state index >= 15 is 0 Å². The fourth-order valence-electron chi connectivity index (χ4n) is 7.79. The molecule has 11 nitrogen and oxygen atoms in total. The van der Waals surface area contributed by atoms with E-state index in [2.05, 4.69) is 50.5 Å². The molecule has 1 aromatic heterocycles. The van der Waals surface area contributed by atoms with Crippen LogP contribution in [-0.2, 0) is 19.1 Å². The molecule has 5 N–H and O–H groups in total. The first kappa shape index (κ1) is 37.3. The van der Waals surface area contributed by atoms with Gasteiger partial charge < -0.3 is 31.0 Å². The molecule has 3 aromatic carbocycles. The Kier molecular flexibility index (Phi) is 12.2. The number of rotatable bonds is 14. The van der Waals surface area contributed by atoms with Gasteiger partial charge in [0.25, 0.3) is 0 Å². The Hall–Kier alpha value is -5.45. The number of pyridine rings is 1. The number of anilines is 1. The van der Waals surface area contributed by atoms with Crippen molar-refractivity contribution >= 4 is 40.4 Å². The average Bonchev–Trinajstić information content (AvgIpc) is 3.46. The van der Waals surface area contributed by atoms with E-state index in [0.717, 1.165) is 65.3 Å². The zero-order chi connectivity index (χ0) is 37.3. The summed E-state index contributed by atoms with van der Waals surface area (Å²) in [6, 6.07) is 21.2. The molecule has 4 aromatic rings. The first-order valence-electron chi connectivity index (χ1n) is 18.8. The molecule has 11 heteroatoms. The number of alkyl carbamates (subject to hydrolysis) is 1. The Bertz CT molecular complexity index is 1970. The molecule has 1 saturated carbocycles. The Morgan fingerprint density at radius 2 is 1.53 bits per heavy atom. The highest BCUT2D eigenvalue weighted by atomic mass is 16.5. The number of amides is 4. The van der Waals surface area contributed by atoms with Crippen molar-refractivity contribution in [2.75, 3.05) is 18.5 Å². The fraction of sp³-hybridized carbons (Fsp3) is 0.405. The van der Waals surface area contributed by atoms with Crippen molar-refractivity contribution < 1.29 is 23.9 Å². The number of H-pyrrole nitrogens is 1. The van der Waals surface area contributed by atoms with Gasteiger partial charge in [-0.05, 0) is 78.5 Å². The number of ether oxygens (including phenoxy) is 1. The standard InChI is InChI=1S/C42H49N5O6/c1-26-22-39(49)45-37-24-29(19-20-30(26)37)44-40(50)36(18-10-11-21-43-27(2)48)46-41(51)38(23-28-12-4-3-5-13-28)47-42(52)53-25-35-33-16-8-6-14-31(33)32-15-7-9-17-34(32)35/h6-9,14-17,19-20,22,24,28,35-36,38H,3-5,10-13,18,21,23,25H2,1-2H3,(H,43,48)(H,44,50)(H,45,49)(H,46,51)(H,47,52)/t36-,38-/m0/s1. The van der Waals surface area contributed by atoms with E-state index in [1.807, 2.05) is 37.3 Å². The van der Waals surface area contributed by atoms with Crippen molar-refractivity contribution in [3.05, 3.63) is 99.8 Å². The minimum absolute atomic E-state index is 0.119. The number of unbranched alkanes of at least 4 members (excludes halogenated alkanes) is 1. The van der Waals surface area contributed by atoms with Crippen molar-refractivity contribution in [2.45, 2.75) is 89.6 Å². The van der Waals surface area contributed by atoms with Gasteiger partial charge >= 0.3 is 6.09 Å². The molecule has 2 aliphatic carbocycles. The summed E-state index contributed by atoms with van der Waals surface area (Å²) in [6.07, 6.45) is 6.44. The molecule has 2 aliphatic rings. The van der Waals surface area contributed by atoms with Gasteiger partial charge in [0.2, 0.25) is 23.3 Å². The lowest BCUT2D eigenvalue weighted by atomic mass is 9.84. The minimum atomic E-state index is -0.926. The van der Waals surface area contributed by atoms with Gasteiger partial charge in [-0.2, -0.15) is 0 Å². The lowest BCUT2D eigenvalue weighted by Crippen LogP contribution is -2.53. The number of aromatic nitrogens is 1. The van der Waals surface area contributed by atoms with Gasteiger partial charge in [0.1, 0.15) is 18.7 Å². The van der Waals surface area contributed by atoms with Crippen LogP contribution >= 0.6 is 0 Å². The number of fused-ring (bicyclic) bond motifs is 4. The number of benzene rings is 3. The number of nitrogens with one attached hydrogen (secondary N) is 5. The smallest absolute Gasteiger partial charge is 0.407 e. The van der Waals surface area contributed by atoms with E-state index < -0.39 is 30.0 Å². The molecule has 0 radical (unpaired) electrons. The molecule has 0 unspecified atom stereocenters. The quantitative estimate of drug-likeness (QED) is 0.0944. The van der Waals surface area contributed by atoms with Crippen LogP contribution in [0, 0.1) is 12.8 Å². The van der Waals surface area contributed by atoms with Crippen molar-refractivity contribution in [1.82, 2.24) is 20.9 Å². The second-order valence-electron chi connectivity index (χ2n) is 14.4. The molecule has 0 bridgehead atoms. The summed E-state index contributed by atoms with van der Waals surface area (Å²) < 4.78 is 5.83. The second kappa shape index (κ2) is 17.4. The summed E-state index contributed by atoms with van der Waals surface area (Å²) in [4.78, 5) is 67.6. The SMILES string of the molecule is CC(=O)NCCCC[C@H](NC(=O)[C@H](CC1CCCCC1)NC(=O)OCC1c2ccccc2-c2ccccc21)C(=O)Nc1ccc2c(C)cc(=O)[nH]c2c1. The summed E-state index contributed by atoms with van der Waals surface area (Å²) in [5, 5.41) is 12.3. The van der Waals surface area contributed by atoms with Gasteiger partial charge in [-0.25, -0.2) is 4.79 Å². The van der Waals surface area contributed by atoms with Crippen LogP contribution < -0.4 is 26.8 Å². The predicted octanol–water partition coefficient (Wildman–Crippen LogP) is 6.44. The molecule has 6 rings (SSSR count). The third-order valence-electron chi connectivity index (χ3n) is 10.5. The van der Waals surface area contributed by atoms with Gasteiger partial charge in [-0.1, -0.05) is 86.7 Å². The summed E-state index contributed by atoms with van der Waals surface area (Å²) in [5.74, 6) is -0.890. The van der Waals surface area contributed by atoms with Crippen LogP contribution in [0.3, 0.4) is 0 Å². The number of hydrogen-bond acceptors (Lipinski definition) is 6. The van der Waals surface area contributed by atoms with Crippen molar-refractivity contribution in [1.29, 1.82) is 0 Å².